The van der Waals surface area contributed by atoms with Crippen molar-refractivity contribution in [1.29, 1.82) is 0 Å². The number of nitrogens with one attached hydrogen (secondary N) is 2. The lowest BCUT2D eigenvalue weighted by molar-refractivity contribution is -0.120. The van der Waals surface area contributed by atoms with E-state index in [1.807, 2.05) is 6.92 Å². The van der Waals surface area contributed by atoms with E-state index in [2.05, 4.69) is 10.6 Å². The number of ether oxygens (including phenoxy) is 1. The molecule has 0 atom stereocenters. The zero-order chi connectivity index (χ0) is 12.6. The molecule has 0 unspecified atom stereocenters. The molecule has 1 rings (SSSR count). The van der Waals surface area contributed by atoms with E-state index in [-0.39, 0.29) is 18.3 Å². The Labute approximate surface area is 117 Å². The molecular weight excluding hydrogens is 252 g/mol. The summed E-state index contributed by atoms with van der Waals surface area (Å²) in [5, 5.41) is 5.91. The molecule has 4 nitrogen and oxygen atoms in total. The van der Waals surface area contributed by atoms with Crippen molar-refractivity contribution in [3.8, 4) is 0 Å². The molecule has 0 aromatic rings. The Hall–Kier alpha value is -0.320. The van der Waals surface area contributed by atoms with Crippen LogP contribution in [0.25, 0.3) is 0 Å². The van der Waals surface area contributed by atoms with Crippen LogP contribution in [0.3, 0.4) is 0 Å². The minimum absolute atomic E-state index is 0. The van der Waals surface area contributed by atoms with Gasteiger partial charge in [0.1, 0.15) is 0 Å². The van der Waals surface area contributed by atoms with Crippen molar-refractivity contribution in [2.45, 2.75) is 39.0 Å². The molecule has 1 aliphatic carbocycles. The predicted molar refractivity (Wildman–Crippen MR) is 76.2 cm³/mol. The maximum Gasteiger partial charge on any atom is 0.233 e. The fourth-order valence-corrected chi connectivity index (χ4v) is 2.58. The molecule has 1 saturated carbocycles. The second kappa shape index (κ2) is 9.59. The highest BCUT2D eigenvalue weighted by Gasteiger charge is 2.33. The molecular formula is C13H27ClN2O2. The van der Waals surface area contributed by atoms with Crippen LogP contribution in [0.1, 0.15) is 39.0 Å². The zero-order valence-corrected chi connectivity index (χ0v) is 12.4. The predicted octanol–water partition coefficient (Wildman–Crippen LogP) is 1.73. The van der Waals surface area contributed by atoms with Crippen molar-refractivity contribution in [3.63, 3.8) is 0 Å². The van der Waals surface area contributed by atoms with E-state index in [0.29, 0.717) is 12.0 Å². The van der Waals surface area contributed by atoms with Gasteiger partial charge in [-0.3, -0.25) is 4.79 Å². The van der Waals surface area contributed by atoms with Crippen LogP contribution in [-0.2, 0) is 9.53 Å². The van der Waals surface area contributed by atoms with Gasteiger partial charge in [0.25, 0.3) is 0 Å². The van der Waals surface area contributed by atoms with Crippen molar-refractivity contribution in [2.24, 2.45) is 5.41 Å². The van der Waals surface area contributed by atoms with Crippen molar-refractivity contribution in [1.82, 2.24) is 10.6 Å². The number of rotatable bonds is 8. The van der Waals surface area contributed by atoms with Gasteiger partial charge in [-0.2, -0.15) is 0 Å². The number of hydrogen-bond acceptors (Lipinski definition) is 3. The smallest absolute Gasteiger partial charge is 0.233 e. The molecule has 0 aromatic heterocycles. The van der Waals surface area contributed by atoms with Gasteiger partial charge in [0.15, 0.2) is 0 Å². The van der Waals surface area contributed by atoms with E-state index in [0.717, 1.165) is 26.2 Å². The lowest BCUT2D eigenvalue weighted by Crippen LogP contribution is -2.40. The summed E-state index contributed by atoms with van der Waals surface area (Å²) in [4.78, 5) is 11.5. The van der Waals surface area contributed by atoms with Crippen LogP contribution >= 0.6 is 12.4 Å². The monoisotopic (exact) mass is 278 g/mol. The largest absolute Gasteiger partial charge is 0.382 e. The summed E-state index contributed by atoms with van der Waals surface area (Å²) in [6, 6.07) is 0. The summed E-state index contributed by atoms with van der Waals surface area (Å²) < 4.78 is 5.45. The molecule has 108 valence electrons. The zero-order valence-electron chi connectivity index (χ0n) is 11.6. The first-order valence-corrected chi connectivity index (χ1v) is 6.71. The van der Waals surface area contributed by atoms with Crippen molar-refractivity contribution >= 4 is 18.3 Å². The van der Waals surface area contributed by atoms with Crippen LogP contribution in [0.15, 0.2) is 0 Å². The van der Waals surface area contributed by atoms with Crippen LogP contribution in [0.2, 0.25) is 0 Å². The molecule has 1 amide bonds. The van der Waals surface area contributed by atoms with E-state index >= 15 is 0 Å². The summed E-state index contributed by atoms with van der Waals surface area (Å²) >= 11 is 0. The third-order valence-electron chi connectivity index (χ3n) is 3.64. The van der Waals surface area contributed by atoms with Gasteiger partial charge in [-0.1, -0.05) is 12.8 Å². The van der Waals surface area contributed by atoms with Gasteiger partial charge in [0.2, 0.25) is 5.91 Å². The highest BCUT2D eigenvalue weighted by Crippen LogP contribution is 2.40. The van der Waals surface area contributed by atoms with Gasteiger partial charge in [-0.15, -0.1) is 12.4 Å². The number of likely N-dealkylation sites (N-methyl/N-ethyl adjacent to an activating group) is 1. The molecule has 0 spiro atoms. The fourth-order valence-electron chi connectivity index (χ4n) is 2.58. The lowest BCUT2D eigenvalue weighted by atomic mass is 9.83. The van der Waals surface area contributed by atoms with Crippen LogP contribution in [0.5, 0.6) is 0 Å². The Balaban J connectivity index is 0.00000289. The molecule has 18 heavy (non-hydrogen) atoms. The van der Waals surface area contributed by atoms with Gasteiger partial charge >= 0.3 is 0 Å². The second-order valence-electron chi connectivity index (χ2n) is 4.96. The second-order valence-corrected chi connectivity index (χ2v) is 4.96. The molecule has 1 aliphatic rings. The Morgan fingerprint density at radius 1 is 1.33 bits per heavy atom. The van der Waals surface area contributed by atoms with Gasteiger partial charge in [-0.05, 0) is 38.6 Å². The van der Waals surface area contributed by atoms with Gasteiger partial charge in [-0.25, -0.2) is 0 Å². The molecule has 0 radical (unpaired) electrons. The molecule has 1 fully saturated rings. The molecule has 0 aliphatic heterocycles. The van der Waals surface area contributed by atoms with E-state index in [9.17, 15) is 4.79 Å². The van der Waals surface area contributed by atoms with Gasteiger partial charge in [0, 0.05) is 19.8 Å². The van der Waals surface area contributed by atoms with Crippen LogP contribution in [-0.4, -0.2) is 39.3 Å². The standard InChI is InChI=1S/C13H26N2O2.ClH/c1-3-17-9-8-13(6-4-5-7-13)11-15-12(16)10-14-2;/h14H,3-11H2,1-2H3,(H,15,16);1H. The molecule has 0 heterocycles. The average molecular weight is 279 g/mol. The van der Waals surface area contributed by atoms with Crippen molar-refractivity contribution < 1.29 is 9.53 Å². The number of hydrogen-bond donors (Lipinski definition) is 2. The minimum Gasteiger partial charge on any atom is -0.382 e. The van der Waals surface area contributed by atoms with Crippen molar-refractivity contribution in [2.75, 3.05) is 33.4 Å². The van der Waals surface area contributed by atoms with Crippen LogP contribution < -0.4 is 10.6 Å². The van der Waals surface area contributed by atoms with Crippen LogP contribution in [0, 0.1) is 5.41 Å². The van der Waals surface area contributed by atoms with E-state index in [4.69, 9.17) is 4.74 Å². The number of carbonyl (C=O) groups excluding carboxylic acids is 1. The number of amides is 1. The Morgan fingerprint density at radius 2 is 2.00 bits per heavy atom. The highest BCUT2D eigenvalue weighted by atomic mass is 35.5. The van der Waals surface area contributed by atoms with Gasteiger partial charge < -0.3 is 15.4 Å². The van der Waals surface area contributed by atoms with Gasteiger partial charge in [0.05, 0.1) is 6.54 Å². The minimum atomic E-state index is 0. The third kappa shape index (κ3) is 6.03. The first-order chi connectivity index (χ1) is 8.22. The number of carbonyl (C=O) groups is 1. The normalized spacial score (nSPS) is 17.2. The topological polar surface area (TPSA) is 50.4 Å². The van der Waals surface area contributed by atoms with Crippen molar-refractivity contribution in [3.05, 3.63) is 0 Å². The first kappa shape index (κ1) is 17.7. The SMILES string of the molecule is CCOCCC1(CNC(=O)CNC)CCCC1.Cl. The molecule has 5 heteroatoms. The third-order valence-corrected chi connectivity index (χ3v) is 3.64. The molecule has 2 N–H and O–H groups in total. The maximum atomic E-state index is 11.5. The summed E-state index contributed by atoms with van der Waals surface area (Å²) in [5.41, 5.74) is 0.290. The fraction of sp³-hybridized carbons (Fsp3) is 0.923. The quantitative estimate of drug-likeness (QED) is 0.665. The Morgan fingerprint density at radius 3 is 2.56 bits per heavy atom. The Kier molecular flexibility index (Phi) is 9.42. The first-order valence-electron chi connectivity index (χ1n) is 6.71. The Bertz CT molecular complexity index is 231. The van der Waals surface area contributed by atoms with E-state index < -0.39 is 0 Å². The maximum absolute atomic E-state index is 11.5. The average Bonchev–Trinajstić information content (AvgIpc) is 2.77. The summed E-state index contributed by atoms with van der Waals surface area (Å²) in [6.45, 7) is 4.83. The number of halogens is 1. The highest BCUT2D eigenvalue weighted by molar-refractivity contribution is 5.85. The lowest BCUT2D eigenvalue weighted by Gasteiger charge is -2.29. The molecule has 0 saturated heterocycles. The summed E-state index contributed by atoms with van der Waals surface area (Å²) in [5.74, 6) is 0.0928. The molecule has 0 aromatic carbocycles. The summed E-state index contributed by atoms with van der Waals surface area (Å²) in [6.07, 6.45) is 6.09. The van der Waals surface area contributed by atoms with E-state index in [1.54, 1.807) is 7.05 Å². The molecule has 0 bridgehead atoms. The summed E-state index contributed by atoms with van der Waals surface area (Å²) in [7, 11) is 1.79. The van der Waals surface area contributed by atoms with Crippen LogP contribution in [0.4, 0.5) is 0 Å². The van der Waals surface area contributed by atoms with E-state index in [1.165, 1.54) is 25.7 Å².